The summed E-state index contributed by atoms with van der Waals surface area (Å²) in [4.78, 5) is 12.4. The quantitative estimate of drug-likeness (QED) is 0.742. The molecule has 1 atom stereocenters. The normalized spacial score (nSPS) is 12.5. The van der Waals surface area contributed by atoms with E-state index in [4.69, 9.17) is 9.15 Å². The van der Waals surface area contributed by atoms with Crippen LogP contribution in [0.5, 0.6) is 0 Å². The number of carbonyl (C=O) groups is 1. The summed E-state index contributed by atoms with van der Waals surface area (Å²) in [5.41, 5.74) is 2.94. The molecule has 3 aromatic rings. The van der Waals surface area contributed by atoms with Crippen molar-refractivity contribution in [3.63, 3.8) is 0 Å². The van der Waals surface area contributed by atoms with Crippen molar-refractivity contribution in [2.24, 2.45) is 0 Å². The molecule has 8 nitrogen and oxygen atoms in total. The van der Waals surface area contributed by atoms with Gasteiger partial charge in [0.2, 0.25) is 0 Å². The minimum absolute atomic E-state index is 0.226. The predicted octanol–water partition coefficient (Wildman–Crippen LogP) is 1.68. The van der Waals surface area contributed by atoms with Crippen LogP contribution in [0.4, 0.5) is 0 Å². The third-order valence-corrected chi connectivity index (χ3v) is 3.67. The predicted molar refractivity (Wildman–Crippen MR) is 81.9 cm³/mol. The summed E-state index contributed by atoms with van der Waals surface area (Å²) in [5.74, 6) is 0.223. The second-order valence-corrected chi connectivity index (χ2v) is 5.34. The molecule has 0 saturated heterocycles. The zero-order chi connectivity index (χ0) is 16.4. The maximum absolute atomic E-state index is 12.4. The summed E-state index contributed by atoms with van der Waals surface area (Å²) in [6, 6.07) is 5.13. The Hall–Kier alpha value is -2.74. The Kier molecular flexibility index (Phi) is 4.07. The van der Waals surface area contributed by atoms with E-state index in [9.17, 15) is 4.79 Å². The van der Waals surface area contributed by atoms with Crippen molar-refractivity contribution in [1.82, 2.24) is 25.9 Å². The Morgan fingerprint density at radius 3 is 2.83 bits per heavy atom. The second-order valence-electron chi connectivity index (χ2n) is 5.34. The number of tetrazole rings is 1. The number of ether oxygens (including phenoxy) is 1. The molecule has 0 aliphatic heterocycles. The number of H-pyrrole nitrogens is 1. The van der Waals surface area contributed by atoms with Gasteiger partial charge in [-0.2, -0.15) is 5.21 Å². The number of amides is 1. The highest BCUT2D eigenvalue weighted by Gasteiger charge is 2.21. The number of fused-ring (bicyclic) bond motifs is 1. The average Bonchev–Trinajstić information content (AvgIpc) is 3.16. The number of carbonyl (C=O) groups excluding carboxylic acids is 1. The van der Waals surface area contributed by atoms with E-state index in [1.54, 1.807) is 6.07 Å². The van der Waals surface area contributed by atoms with E-state index >= 15 is 0 Å². The average molecular weight is 315 g/mol. The molecule has 0 aliphatic rings. The molecule has 2 aromatic heterocycles. The summed E-state index contributed by atoms with van der Waals surface area (Å²) in [6.07, 6.45) is 0. The van der Waals surface area contributed by atoms with E-state index in [0.717, 1.165) is 16.5 Å². The fourth-order valence-electron chi connectivity index (χ4n) is 2.31. The molecular formula is C15H17N5O3. The van der Waals surface area contributed by atoms with Crippen LogP contribution in [0, 0.1) is 13.8 Å². The van der Waals surface area contributed by atoms with Crippen LogP contribution >= 0.6 is 0 Å². The smallest absolute Gasteiger partial charge is 0.287 e. The van der Waals surface area contributed by atoms with Crippen molar-refractivity contribution in [3.05, 3.63) is 40.9 Å². The molecule has 2 heterocycles. The van der Waals surface area contributed by atoms with Crippen LogP contribution in [-0.2, 0) is 4.74 Å². The van der Waals surface area contributed by atoms with Crippen LogP contribution in [0.3, 0.4) is 0 Å². The number of nitrogens with zero attached hydrogens (tertiary/aromatic N) is 3. The Balaban J connectivity index is 1.84. The van der Waals surface area contributed by atoms with E-state index in [2.05, 4.69) is 25.9 Å². The van der Waals surface area contributed by atoms with E-state index < -0.39 is 6.04 Å². The van der Waals surface area contributed by atoms with Gasteiger partial charge >= 0.3 is 0 Å². The first kappa shape index (κ1) is 15.2. The number of aryl methyl sites for hydroxylation is 2. The van der Waals surface area contributed by atoms with E-state index in [0.29, 0.717) is 11.4 Å². The van der Waals surface area contributed by atoms with Crippen molar-refractivity contribution in [2.45, 2.75) is 19.9 Å². The van der Waals surface area contributed by atoms with Gasteiger partial charge in [-0.25, -0.2) is 0 Å². The van der Waals surface area contributed by atoms with Crippen LogP contribution in [-0.4, -0.2) is 40.2 Å². The van der Waals surface area contributed by atoms with Crippen molar-refractivity contribution < 1.29 is 13.9 Å². The van der Waals surface area contributed by atoms with Gasteiger partial charge in [-0.3, -0.25) is 4.79 Å². The third kappa shape index (κ3) is 3.07. The van der Waals surface area contributed by atoms with Crippen LogP contribution in [0.1, 0.15) is 33.5 Å². The largest absolute Gasteiger partial charge is 0.451 e. The molecule has 0 spiro atoms. The molecule has 0 bridgehead atoms. The molecule has 1 unspecified atom stereocenters. The standard InChI is InChI=1S/C15H17N5O3/c1-8-4-10-6-13(23-12(10)5-9(8)2)15(21)16-11(7-22-3)14-17-19-20-18-14/h4-6,11H,7H2,1-3H3,(H,16,21)(H,17,18,19,20). The van der Waals surface area contributed by atoms with Gasteiger partial charge in [0.1, 0.15) is 11.6 Å². The SMILES string of the molecule is COCC(NC(=O)c1cc2cc(C)c(C)cc2o1)c1nn[nH]n1. The molecular weight excluding hydrogens is 298 g/mol. The summed E-state index contributed by atoms with van der Waals surface area (Å²) >= 11 is 0. The van der Waals surface area contributed by atoms with Gasteiger partial charge in [-0.1, -0.05) is 5.21 Å². The minimum Gasteiger partial charge on any atom is -0.451 e. The van der Waals surface area contributed by atoms with Gasteiger partial charge in [0.05, 0.1) is 6.61 Å². The number of aromatic nitrogens is 4. The summed E-state index contributed by atoms with van der Waals surface area (Å²) in [6.45, 7) is 4.25. The van der Waals surface area contributed by atoms with Gasteiger partial charge in [0, 0.05) is 12.5 Å². The Morgan fingerprint density at radius 1 is 1.35 bits per heavy atom. The fourth-order valence-corrected chi connectivity index (χ4v) is 2.31. The van der Waals surface area contributed by atoms with Crippen molar-refractivity contribution >= 4 is 16.9 Å². The molecule has 2 N–H and O–H groups in total. The molecule has 0 aliphatic carbocycles. The fraction of sp³-hybridized carbons (Fsp3) is 0.333. The number of aromatic amines is 1. The van der Waals surface area contributed by atoms with Crippen LogP contribution in [0.2, 0.25) is 0 Å². The molecule has 8 heteroatoms. The Morgan fingerprint density at radius 2 is 2.13 bits per heavy atom. The van der Waals surface area contributed by atoms with Crippen molar-refractivity contribution in [1.29, 1.82) is 0 Å². The van der Waals surface area contributed by atoms with Gasteiger partial charge in [0.15, 0.2) is 11.6 Å². The highest BCUT2D eigenvalue weighted by Crippen LogP contribution is 2.23. The molecule has 0 saturated carbocycles. The van der Waals surface area contributed by atoms with Crippen molar-refractivity contribution in [2.75, 3.05) is 13.7 Å². The second kappa shape index (κ2) is 6.17. The topological polar surface area (TPSA) is 106 Å². The lowest BCUT2D eigenvalue weighted by Gasteiger charge is -2.12. The summed E-state index contributed by atoms with van der Waals surface area (Å²) in [7, 11) is 1.53. The van der Waals surface area contributed by atoms with Crippen LogP contribution in [0.15, 0.2) is 22.6 Å². The number of benzene rings is 1. The van der Waals surface area contributed by atoms with Crippen LogP contribution < -0.4 is 5.32 Å². The van der Waals surface area contributed by atoms with E-state index in [-0.39, 0.29) is 18.3 Å². The van der Waals surface area contributed by atoms with Gasteiger partial charge < -0.3 is 14.5 Å². The lowest BCUT2D eigenvalue weighted by molar-refractivity contribution is 0.0866. The molecule has 1 amide bonds. The van der Waals surface area contributed by atoms with Crippen molar-refractivity contribution in [3.8, 4) is 0 Å². The molecule has 3 rings (SSSR count). The van der Waals surface area contributed by atoms with E-state index in [1.807, 2.05) is 26.0 Å². The molecule has 0 fully saturated rings. The van der Waals surface area contributed by atoms with E-state index in [1.165, 1.54) is 7.11 Å². The number of furan rings is 1. The van der Waals surface area contributed by atoms with Crippen LogP contribution in [0.25, 0.3) is 11.0 Å². The number of hydrogen-bond donors (Lipinski definition) is 2. The zero-order valence-corrected chi connectivity index (χ0v) is 13.1. The Bertz CT molecular complexity index is 786. The number of hydrogen-bond acceptors (Lipinski definition) is 6. The number of nitrogens with one attached hydrogen (secondary N) is 2. The van der Waals surface area contributed by atoms with Gasteiger partial charge in [0.25, 0.3) is 5.91 Å². The molecule has 120 valence electrons. The lowest BCUT2D eigenvalue weighted by atomic mass is 10.1. The highest BCUT2D eigenvalue weighted by atomic mass is 16.5. The summed E-state index contributed by atoms with van der Waals surface area (Å²) < 4.78 is 10.7. The van der Waals surface area contributed by atoms with Gasteiger partial charge in [-0.15, -0.1) is 10.2 Å². The minimum atomic E-state index is -0.511. The molecule has 23 heavy (non-hydrogen) atoms. The maximum Gasteiger partial charge on any atom is 0.287 e. The lowest BCUT2D eigenvalue weighted by Crippen LogP contribution is -2.31. The third-order valence-electron chi connectivity index (χ3n) is 3.67. The maximum atomic E-state index is 12.4. The zero-order valence-electron chi connectivity index (χ0n) is 13.1. The van der Waals surface area contributed by atoms with Gasteiger partial charge in [-0.05, 0) is 43.2 Å². The summed E-state index contributed by atoms with van der Waals surface area (Å²) in [5, 5.41) is 17.3. The number of rotatable bonds is 5. The monoisotopic (exact) mass is 315 g/mol. The Labute approximate surface area is 132 Å². The number of methoxy groups -OCH3 is 1. The highest BCUT2D eigenvalue weighted by molar-refractivity contribution is 5.96. The molecule has 1 aromatic carbocycles. The molecule has 0 radical (unpaired) electrons. The first-order valence-corrected chi connectivity index (χ1v) is 7.12. The first-order valence-electron chi connectivity index (χ1n) is 7.12. The first-order chi connectivity index (χ1) is 11.1.